The number of fused-ring (bicyclic) bond motifs is 2. The van der Waals surface area contributed by atoms with Gasteiger partial charge in [-0.3, -0.25) is 19.3 Å². The summed E-state index contributed by atoms with van der Waals surface area (Å²) < 4.78 is 14.4. The maximum Gasteiger partial charge on any atom is 0.261 e. The summed E-state index contributed by atoms with van der Waals surface area (Å²) in [6.07, 6.45) is 0. The summed E-state index contributed by atoms with van der Waals surface area (Å²) in [4.78, 5) is 41.5. The third kappa shape index (κ3) is 3.65. The molecule has 0 aliphatic carbocycles. The zero-order chi connectivity index (χ0) is 22.9. The smallest absolute Gasteiger partial charge is 0.261 e. The molecule has 3 amide bonds. The number of halogens is 1. The van der Waals surface area contributed by atoms with Crippen molar-refractivity contribution < 1.29 is 18.8 Å². The van der Waals surface area contributed by atoms with E-state index in [1.165, 1.54) is 23.1 Å². The van der Waals surface area contributed by atoms with Crippen LogP contribution in [-0.4, -0.2) is 35.7 Å². The molecule has 1 heterocycles. The number of amides is 3. The zero-order valence-electron chi connectivity index (χ0n) is 17.6. The van der Waals surface area contributed by atoms with Crippen molar-refractivity contribution in [3.05, 3.63) is 114 Å². The summed E-state index contributed by atoms with van der Waals surface area (Å²) in [5, 5.41) is 1.92. The predicted octanol–water partition coefficient (Wildman–Crippen LogP) is 4.92. The molecule has 0 bridgehead atoms. The highest BCUT2D eigenvalue weighted by atomic mass is 19.1. The van der Waals surface area contributed by atoms with Gasteiger partial charge in [0.25, 0.3) is 17.7 Å². The lowest BCUT2D eigenvalue weighted by atomic mass is 10.1. The average molecular weight is 438 g/mol. The maximum absolute atomic E-state index is 14.4. The van der Waals surface area contributed by atoms with E-state index in [9.17, 15) is 18.8 Å². The second-order valence-electron chi connectivity index (χ2n) is 7.78. The Morgan fingerprint density at radius 3 is 2.06 bits per heavy atom. The Morgan fingerprint density at radius 1 is 0.758 bits per heavy atom. The molecule has 6 heteroatoms. The van der Waals surface area contributed by atoms with Crippen molar-refractivity contribution in [1.82, 2.24) is 4.90 Å². The molecule has 1 aliphatic heterocycles. The third-order valence-corrected chi connectivity index (χ3v) is 5.82. The molecule has 5 rings (SSSR count). The summed E-state index contributed by atoms with van der Waals surface area (Å²) in [7, 11) is 0. The number of imide groups is 1. The maximum atomic E-state index is 14.4. The molecule has 0 N–H and O–H groups in total. The summed E-state index contributed by atoms with van der Waals surface area (Å²) >= 11 is 0. The second-order valence-corrected chi connectivity index (χ2v) is 7.78. The summed E-state index contributed by atoms with van der Waals surface area (Å²) in [6, 6.07) is 25.6. The fourth-order valence-electron chi connectivity index (χ4n) is 4.11. The molecule has 0 fully saturated rings. The van der Waals surface area contributed by atoms with Gasteiger partial charge in [-0.15, -0.1) is 0 Å². The predicted molar refractivity (Wildman–Crippen MR) is 124 cm³/mol. The van der Waals surface area contributed by atoms with E-state index in [2.05, 4.69) is 0 Å². The molecule has 33 heavy (non-hydrogen) atoms. The standard InChI is InChI=1S/C27H19FN2O3/c28-24-12-6-5-11-23(24)27(33)29(20-14-13-18-7-1-2-8-19(18)17-20)15-16-30-25(31)21-9-3-4-10-22(21)26(30)32/h1-14,17H,15-16H2. The number of carbonyl (C=O) groups excluding carboxylic acids is 3. The Labute approximate surface area is 189 Å². The number of nitrogens with zero attached hydrogens (tertiary/aromatic N) is 2. The van der Waals surface area contributed by atoms with Crippen molar-refractivity contribution in [3.8, 4) is 0 Å². The van der Waals surface area contributed by atoms with Crippen LogP contribution in [0.1, 0.15) is 31.1 Å². The first-order valence-corrected chi connectivity index (χ1v) is 10.5. The van der Waals surface area contributed by atoms with Crippen LogP contribution >= 0.6 is 0 Å². The summed E-state index contributed by atoms with van der Waals surface area (Å²) in [5.41, 5.74) is 1.17. The molecule has 162 valence electrons. The molecule has 0 saturated heterocycles. The summed E-state index contributed by atoms with van der Waals surface area (Å²) in [6.45, 7) is 0.0103. The quantitative estimate of drug-likeness (QED) is 0.416. The molecule has 4 aromatic rings. The van der Waals surface area contributed by atoms with Crippen molar-refractivity contribution in [3.63, 3.8) is 0 Å². The fraction of sp³-hybridized carbons (Fsp3) is 0.0741. The van der Waals surface area contributed by atoms with E-state index in [-0.39, 0.29) is 18.7 Å². The Balaban J connectivity index is 1.49. The summed E-state index contributed by atoms with van der Waals surface area (Å²) in [5.74, 6) is -1.96. The molecule has 0 aromatic heterocycles. The van der Waals surface area contributed by atoms with Crippen LogP contribution in [0, 0.1) is 5.82 Å². The van der Waals surface area contributed by atoms with Crippen molar-refractivity contribution in [2.24, 2.45) is 0 Å². The van der Waals surface area contributed by atoms with E-state index in [0.717, 1.165) is 15.7 Å². The fourth-order valence-corrected chi connectivity index (χ4v) is 4.11. The molecular weight excluding hydrogens is 419 g/mol. The van der Waals surface area contributed by atoms with Crippen LogP contribution < -0.4 is 4.90 Å². The highest BCUT2D eigenvalue weighted by Crippen LogP contribution is 2.26. The van der Waals surface area contributed by atoms with Gasteiger partial charge >= 0.3 is 0 Å². The monoisotopic (exact) mass is 438 g/mol. The molecule has 1 aliphatic rings. The minimum atomic E-state index is -0.631. The lowest BCUT2D eigenvalue weighted by Gasteiger charge is -2.26. The lowest BCUT2D eigenvalue weighted by Crippen LogP contribution is -2.41. The average Bonchev–Trinajstić information content (AvgIpc) is 3.09. The van der Waals surface area contributed by atoms with E-state index in [4.69, 9.17) is 0 Å². The third-order valence-electron chi connectivity index (χ3n) is 5.82. The SMILES string of the molecule is O=C1c2ccccc2C(=O)N1CCN(C(=O)c1ccccc1F)c1ccc2ccccc2c1. The van der Waals surface area contributed by atoms with Crippen LogP contribution in [0.3, 0.4) is 0 Å². The van der Waals surface area contributed by atoms with Crippen LogP contribution in [0.2, 0.25) is 0 Å². The zero-order valence-corrected chi connectivity index (χ0v) is 17.6. The molecule has 0 unspecified atom stereocenters. The van der Waals surface area contributed by atoms with Crippen molar-refractivity contribution >= 4 is 34.2 Å². The van der Waals surface area contributed by atoms with Crippen molar-refractivity contribution in [2.75, 3.05) is 18.0 Å². The number of carbonyl (C=O) groups is 3. The second kappa shape index (κ2) is 8.31. The first-order chi connectivity index (χ1) is 16.0. The Bertz CT molecular complexity index is 1380. The van der Waals surface area contributed by atoms with Crippen LogP contribution in [0.5, 0.6) is 0 Å². The molecule has 5 nitrogen and oxygen atoms in total. The van der Waals surface area contributed by atoms with E-state index in [1.807, 2.05) is 36.4 Å². The molecular formula is C27H19FN2O3. The highest BCUT2D eigenvalue weighted by molar-refractivity contribution is 6.21. The number of hydrogen-bond acceptors (Lipinski definition) is 3. The molecule has 4 aromatic carbocycles. The van der Waals surface area contributed by atoms with E-state index < -0.39 is 23.5 Å². The van der Waals surface area contributed by atoms with Crippen molar-refractivity contribution in [2.45, 2.75) is 0 Å². The van der Waals surface area contributed by atoms with Gasteiger partial charge in [0, 0.05) is 18.8 Å². The Morgan fingerprint density at radius 2 is 1.36 bits per heavy atom. The number of benzene rings is 4. The lowest BCUT2D eigenvalue weighted by molar-refractivity contribution is 0.0654. The van der Waals surface area contributed by atoms with Crippen LogP contribution in [-0.2, 0) is 0 Å². The first-order valence-electron chi connectivity index (χ1n) is 10.5. The Hall–Kier alpha value is -4.32. The van der Waals surface area contributed by atoms with Gasteiger partial charge in [-0.2, -0.15) is 0 Å². The van der Waals surface area contributed by atoms with Gasteiger partial charge in [0.15, 0.2) is 0 Å². The van der Waals surface area contributed by atoms with E-state index >= 15 is 0 Å². The molecule has 0 atom stereocenters. The molecule has 0 saturated carbocycles. The number of hydrogen-bond donors (Lipinski definition) is 0. The van der Waals surface area contributed by atoms with E-state index in [1.54, 1.807) is 36.4 Å². The normalized spacial score (nSPS) is 12.8. The van der Waals surface area contributed by atoms with Crippen LogP contribution in [0.15, 0.2) is 91.0 Å². The topological polar surface area (TPSA) is 57.7 Å². The Kier molecular flexibility index (Phi) is 5.18. The largest absolute Gasteiger partial charge is 0.306 e. The van der Waals surface area contributed by atoms with Gasteiger partial charge in [0.2, 0.25) is 0 Å². The first kappa shape index (κ1) is 20.6. The minimum absolute atomic E-state index is 0.0145. The number of rotatable bonds is 5. The van der Waals surface area contributed by atoms with Crippen LogP contribution in [0.4, 0.5) is 10.1 Å². The van der Waals surface area contributed by atoms with Gasteiger partial charge in [0.05, 0.1) is 16.7 Å². The van der Waals surface area contributed by atoms with Crippen molar-refractivity contribution in [1.29, 1.82) is 0 Å². The van der Waals surface area contributed by atoms with E-state index in [0.29, 0.717) is 16.8 Å². The molecule has 0 spiro atoms. The number of anilines is 1. The van der Waals surface area contributed by atoms with Crippen LogP contribution in [0.25, 0.3) is 10.8 Å². The van der Waals surface area contributed by atoms with Gasteiger partial charge in [0.1, 0.15) is 5.82 Å². The highest BCUT2D eigenvalue weighted by Gasteiger charge is 2.35. The molecule has 0 radical (unpaired) electrons. The van der Waals surface area contributed by atoms with Gasteiger partial charge in [-0.1, -0.05) is 54.6 Å². The van der Waals surface area contributed by atoms with Gasteiger partial charge < -0.3 is 4.90 Å². The minimum Gasteiger partial charge on any atom is -0.306 e. The van der Waals surface area contributed by atoms with Gasteiger partial charge in [-0.05, 0) is 47.2 Å². The van der Waals surface area contributed by atoms with Gasteiger partial charge in [-0.25, -0.2) is 4.39 Å².